The predicted molar refractivity (Wildman–Crippen MR) is 58.0 cm³/mol. The summed E-state index contributed by atoms with van der Waals surface area (Å²) in [7, 11) is 2.08. The van der Waals surface area contributed by atoms with Gasteiger partial charge in [0.15, 0.2) is 5.82 Å². The van der Waals surface area contributed by atoms with E-state index in [2.05, 4.69) is 22.2 Å². The van der Waals surface area contributed by atoms with Crippen molar-refractivity contribution in [3.05, 3.63) is 12.3 Å². The molecule has 2 heterocycles. The highest BCUT2D eigenvalue weighted by Crippen LogP contribution is 2.23. The predicted octanol–water partition coefficient (Wildman–Crippen LogP) is -0.0281. The topological polar surface area (TPSA) is 80.2 Å². The van der Waals surface area contributed by atoms with Crippen LogP contribution in [0.3, 0.4) is 0 Å². The molecule has 5 N–H and O–H groups in total. The summed E-state index contributed by atoms with van der Waals surface area (Å²) in [4.78, 5) is 6.37. The molecule has 0 amide bonds. The lowest BCUT2D eigenvalue weighted by molar-refractivity contribution is 0.205. The summed E-state index contributed by atoms with van der Waals surface area (Å²) >= 11 is 0. The summed E-state index contributed by atoms with van der Waals surface area (Å²) in [5, 5.41) is 3.26. The molecule has 2 rings (SSSR count). The zero-order valence-electron chi connectivity index (χ0n) is 8.20. The van der Waals surface area contributed by atoms with E-state index in [0.29, 0.717) is 23.2 Å². The molecule has 1 aromatic rings. The summed E-state index contributed by atoms with van der Waals surface area (Å²) < 4.78 is 0. The average molecular weight is 193 g/mol. The lowest BCUT2D eigenvalue weighted by Crippen LogP contribution is -2.52. The Morgan fingerprint density at radius 2 is 2.21 bits per heavy atom. The quantitative estimate of drug-likeness (QED) is 0.614. The van der Waals surface area contributed by atoms with E-state index in [4.69, 9.17) is 11.5 Å². The third kappa shape index (κ3) is 1.58. The van der Waals surface area contributed by atoms with Crippen LogP contribution in [0.5, 0.6) is 0 Å². The van der Waals surface area contributed by atoms with Crippen LogP contribution in [0.1, 0.15) is 0 Å². The second kappa shape index (κ2) is 3.34. The largest absolute Gasteiger partial charge is 0.397 e. The van der Waals surface area contributed by atoms with Crippen LogP contribution in [0.15, 0.2) is 12.3 Å². The summed E-state index contributed by atoms with van der Waals surface area (Å²) in [6, 6.07) is 2.14. The van der Waals surface area contributed by atoms with Crippen LogP contribution in [0, 0.1) is 0 Å². The fraction of sp³-hybridized carbons (Fsp3) is 0.444. The molecule has 0 unspecified atom stereocenters. The number of rotatable bonds is 2. The van der Waals surface area contributed by atoms with Crippen LogP contribution >= 0.6 is 0 Å². The Hall–Kier alpha value is -1.49. The number of likely N-dealkylation sites (N-methyl/N-ethyl adjacent to an activating group) is 1. The van der Waals surface area contributed by atoms with Gasteiger partial charge in [-0.15, -0.1) is 0 Å². The fourth-order valence-electron chi connectivity index (χ4n) is 1.59. The maximum atomic E-state index is 5.78. The Bertz CT molecular complexity index is 332. The molecular formula is C9H15N5. The van der Waals surface area contributed by atoms with Crippen molar-refractivity contribution in [2.75, 3.05) is 36.9 Å². The lowest BCUT2D eigenvalue weighted by Gasteiger charge is -2.37. The van der Waals surface area contributed by atoms with E-state index in [-0.39, 0.29) is 0 Å². The van der Waals surface area contributed by atoms with Crippen LogP contribution in [-0.4, -0.2) is 36.1 Å². The Balaban J connectivity index is 2.06. The van der Waals surface area contributed by atoms with Crippen molar-refractivity contribution in [1.29, 1.82) is 0 Å². The summed E-state index contributed by atoms with van der Waals surface area (Å²) in [5.74, 6) is 0.697. The number of likely N-dealkylation sites (tertiary alicyclic amines) is 1. The molecule has 0 aromatic carbocycles. The Labute approximate surface area is 83.1 Å². The van der Waals surface area contributed by atoms with Gasteiger partial charge in [0, 0.05) is 19.3 Å². The molecule has 14 heavy (non-hydrogen) atoms. The highest BCUT2D eigenvalue weighted by molar-refractivity contribution is 5.75. The smallest absolute Gasteiger partial charge is 0.151 e. The second-order valence-corrected chi connectivity index (χ2v) is 3.72. The first-order valence-electron chi connectivity index (χ1n) is 4.62. The Kier molecular flexibility index (Phi) is 2.17. The number of pyridine rings is 1. The van der Waals surface area contributed by atoms with Crippen LogP contribution in [0.2, 0.25) is 0 Å². The molecule has 0 saturated carbocycles. The van der Waals surface area contributed by atoms with E-state index in [9.17, 15) is 0 Å². The van der Waals surface area contributed by atoms with Gasteiger partial charge in [-0.3, -0.25) is 0 Å². The minimum atomic E-state index is 0.441. The van der Waals surface area contributed by atoms with Gasteiger partial charge in [0.2, 0.25) is 0 Å². The standard InChI is InChI=1S/C9H15N5/c1-14-4-6(5-14)13-9-8(11)7(10)2-3-12-9/h2-3,6H,4-5,11H2,1H3,(H3,10,12,13). The number of anilines is 3. The molecule has 76 valence electrons. The lowest BCUT2D eigenvalue weighted by atomic mass is 10.1. The molecule has 5 nitrogen and oxygen atoms in total. The molecule has 1 saturated heterocycles. The third-order valence-electron chi connectivity index (χ3n) is 2.43. The molecule has 1 aliphatic rings. The molecule has 1 aliphatic heterocycles. The van der Waals surface area contributed by atoms with Crippen LogP contribution < -0.4 is 16.8 Å². The van der Waals surface area contributed by atoms with Gasteiger partial charge in [-0.05, 0) is 13.1 Å². The SMILES string of the molecule is CN1CC(Nc2nccc(N)c2N)C1. The number of hydrogen-bond donors (Lipinski definition) is 3. The molecule has 0 radical (unpaired) electrons. The van der Waals surface area contributed by atoms with Gasteiger partial charge < -0.3 is 21.7 Å². The maximum Gasteiger partial charge on any atom is 0.151 e. The normalized spacial score (nSPS) is 17.8. The number of nitrogens with zero attached hydrogens (tertiary/aromatic N) is 2. The number of aromatic nitrogens is 1. The first-order chi connectivity index (χ1) is 6.66. The molecule has 1 fully saturated rings. The van der Waals surface area contributed by atoms with Gasteiger partial charge in [-0.2, -0.15) is 0 Å². The number of nitrogen functional groups attached to an aromatic ring is 2. The van der Waals surface area contributed by atoms with Gasteiger partial charge in [0.1, 0.15) is 0 Å². The minimum Gasteiger partial charge on any atom is -0.397 e. The van der Waals surface area contributed by atoms with Crippen molar-refractivity contribution in [3.8, 4) is 0 Å². The van der Waals surface area contributed by atoms with Crippen molar-refractivity contribution >= 4 is 17.2 Å². The van der Waals surface area contributed by atoms with Crippen molar-refractivity contribution < 1.29 is 0 Å². The third-order valence-corrected chi connectivity index (χ3v) is 2.43. The fourth-order valence-corrected chi connectivity index (χ4v) is 1.59. The molecular weight excluding hydrogens is 178 g/mol. The second-order valence-electron chi connectivity index (χ2n) is 3.72. The van der Waals surface area contributed by atoms with Crippen molar-refractivity contribution in [3.63, 3.8) is 0 Å². The van der Waals surface area contributed by atoms with Gasteiger partial charge in [0.05, 0.1) is 17.4 Å². The maximum absolute atomic E-state index is 5.78. The van der Waals surface area contributed by atoms with E-state index in [1.54, 1.807) is 12.3 Å². The van der Waals surface area contributed by atoms with E-state index < -0.39 is 0 Å². The van der Waals surface area contributed by atoms with Gasteiger partial charge in [-0.25, -0.2) is 4.98 Å². The molecule has 5 heteroatoms. The van der Waals surface area contributed by atoms with E-state index >= 15 is 0 Å². The highest BCUT2D eigenvalue weighted by Gasteiger charge is 2.23. The van der Waals surface area contributed by atoms with E-state index in [0.717, 1.165) is 13.1 Å². The molecule has 1 aromatic heterocycles. The summed E-state index contributed by atoms with van der Waals surface area (Å²) in [6.45, 7) is 2.05. The molecule has 0 bridgehead atoms. The Morgan fingerprint density at radius 1 is 1.50 bits per heavy atom. The van der Waals surface area contributed by atoms with Gasteiger partial charge in [0.25, 0.3) is 0 Å². The molecule has 0 atom stereocenters. The number of hydrogen-bond acceptors (Lipinski definition) is 5. The van der Waals surface area contributed by atoms with Crippen LogP contribution in [0.25, 0.3) is 0 Å². The highest BCUT2D eigenvalue weighted by atomic mass is 15.2. The van der Waals surface area contributed by atoms with Crippen molar-refractivity contribution in [2.45, 2.75) is 6.04 Å². The van der Waals surface area contributed by atoms with Crippen molar-refractivity contribution in [1.82, 2.24) is 9.88 Å². The molecule has 0 spiro atoms. The first kappa shape index (κ1) is 9.08. The van der Waals surface area contributed by atoms with Crippen LogP contribution in [-0.2, 0) is 0 Å². The van der Waals surface area contributed by atoms with Crippen LogP contribution in [0.4, 0.5) is 17.2 Å². The van der Waals surface area contributed by atoms with Gasteiger partial charge >= 0.3 is 0 Å². The van der Waals surface area contributed by atoms with Gasteiger partial charge in [-0.1, -0.05) is 0 Å². The van der Waals surface area contributed by atoms with E-state index in [1.807, 2.05) is 0 Å². The van der Waals surface area contributed by atoms with Crippen molar-refractivity contribution in [2.24, 2.45) is 0 Å². The number of nitrogens with one attached hydrogen (secondary N) is 1. The Morgan fingerprint density at radius 3 is 2.86 bits per heavy atom. The monoisotopic (exact) mass is 193 g/mol. The number of nitrogens with two attached hydrogens (primary N) is 2. The van der Waals surface area contributed by atoms with E-state index in [1.165, 1.54) is 0 Å². The first-order valence-corrected chi connectivity index (χ1v) is 4.62. The zero-order valence-corrected chi connectivity index (χ0v) is 8.20. The average Bonchev–Trinajstić information content (AvgIpc) is 2.10. The summed E-state index contributed by atoms with van der Waals surface area (Å²) in [5.41, 5.74) is 12.6. The zero-order chi connectivity index (χ0) is 10.1. The molecule has 0 aliphatic carbocycles. The minimum absolute atomic E-state index is 0.441. The summed E-state index contributed by atoms with van der Waals surface area (Å²) in [6.07, 6.45) is 1.66.